The summed E-state index contributed by atoms with van der Waals surface area (Å²) in [7, 11) is 0. The van der Waals surface area contributed by atoms with Crippen molar-refractivity contribution in [2.45, 2.75) is 69.2 Å². The van der Waals surface area contributed by atoms with Crippen molar-refractivity contribution < 1.29 is 40.7 Å². The first-order valence-corrected chi connectivity index (χ1v) is 12.6. The van der Waals surface area contributed by atoms with E-state index in [1.807, 2.05) is 36.4 Å². The quantitative estimate of drug-likeness (QED) is 0.449. The molecule has 0 radical (unpaired) electrons. The van der Waals surface area contributed by atoms with E-state index < -0.39 is 17.7 Å². The Labute approximate surface area is 213 Å². The van der Waals surface area contributed by atoms with Crippen molar-refractivity contribution in [2.24, 2.45) is 0 Å². The predicted molar refractivity (Wildman–Crippen MR) is 127 cm³/mol. The molecule has 6 nitrogen and oxygen atoms in total. The van der Waals surface area contributed by atoms with Gasteiger partial charge in [-0.1, -0.05) is 60.7 Å². The third kappa shape index (κ3) is 4.54. The second kappa shape index (κ2) is 10.6. The van der Waals surface area contributed by atoms with Crippen LogP contribution < -0.4 is 12.4 Å². The molecule has 3 saturated heterocycles. The summed E-state index contributed by atoms with van der Waals surface area (Å²) in [6, 6.07) is 19.4. The SMILES string of the molecule is CCOC(=O)OC(C(=O)OC1CC2CCC(C1)[N+]21CCCC1)(c1ccccc1)c1ccccc1.[Cl-]. The van der Waals surface area contributed by atoms with E-state index in [1.54, 1.807) is 31.2 Å². The molecule has 0 amide bonds. The molecule has 3 aliphatic rings. The summed E-state index contributed by atoms with van der Waals surface area (Å²) in [5.41, 5.74) is -0.646. The van der Waals surface area contributed by atoms with Crippen LogP contribution in [0.5, 0.6) is 0 Å². The molecule has 3 fully saturated rings. The Bertz CT molecular complexity index is 953. The van der Waals surface area contributed by atoms with Gasteiger partial charge in [-0.3, -0.25) is 0 Å². The zero-order valence-electron chi connectivity index (χ0n) is 20.2. The van der Waals surface area contributed by atoms with Crippen LogP contribution in [0.3, 0.4) is 0 Å². The molecule has 5 rings (SSSR count). The fourth-order valence-electron chi connectivity index (χ4n) is 6.72. The first kappa shape index (κ1) is 25.5. The number of benzene rings is 2. The number of esters is 1. The summed E-state index contributed by atoms with van der Waals surface area (Å²) < 4.78 is 18.5. The minimum absolute atomic E-state index is 0. The first-order valence-electron chi connectivity index (χ1n) is 12.6. The van der Waals surface area contributed by atoms with Crippen LogP contribution in [0.1, 0.15) is 56.6 Å². The molecular formula is C28H34ClNO5. The normalized spacial score (nSPS) is 24.4. The molecule has 188 valence electrons. The van der Waals surface area contributed by atoms with Gasteiger partial charge in [-0.2, -0.15) is 0 Å². The maximum absolute atomic E-state index is 14.1. The van der Waals surface area contributed by atoms with Crippen molar-refractivity contribution in [3.63, 3.8) is 0 Å². The molecule has 2 unspecified atom stereocenters. The lowest BCUT2D eigenvalue weighted by Crippen LogP contribution is -3.00. The topological polar surface area (TPSA) is 61.8 Å². The number of carbonyl (C=O) groups is 2. The van der Waals surface area contributed by atoms with E-state index in [4.69, 9.17) is 14.2 Å². The zero-order chi connectivity index (χ0) is 23.6. The predicted octanol–water partition coefficient (Wildman–Crippen LogP) is 1.95. The number of carbonyl (C=O) groups excluding carboxylic acids is 2. The van der Waals surface area contributed by atoms with Crippen molar-refractivity contribution >= 4 is 12.1 Å². The minimum Gasteiger partial charge on any atom is -1.00 e. The summed E-state index contributed by atoms with van der Waals surface area (Å²) in [5, 5.41) is 0. The van der Waals surface area contributed by atoms with Gasteiger partial charge in [0.1, 0.15) is 6.10 Å². The van der Waals surface area contributed by atoms with E-state index in [2.05, 4.69) is 0 Å². The van der Waals surface area contributed by atoms with E-state index in [-0.39, 0.29) is 25.1 Å². The fourth-order valence-corrected chi connectivity index (χ4v) is 6.72. The van der Waals surface area contributed by atoms with Crippen LogP contribution in [0.4, 0.5) is 4.79 Å². The first-order chi connectivity index (χ1) is 16.6. The maximum Gasteiger partial charge on any atom is 0.510 e. The van der Waals surface area contributed by atoms with E-state index in [1.165, 1.54) is 43.3 Å². The largest absolute Gasteiger partial charge is 1.00 e. The van der Waals surface area contributed by atoms with Gasteiger partial charge in [0, 0.05) is 49.7 Å². The van der Waals surface area contributed by atoms with Crippen LogP contribution in [-0.4, -0.2) is 54.5 Å². The maximum atomic E-state index is 14.1. The number of piperidine rings is 1. The van der Waals surface area contributed by atoms with Crippen molar-refractivity contribution in [2.75, 3.05) is 19.7 Å². The van der Waals surface area contributed by atoms with E-state index in [0.717, 1.165) is 12.8 Å². The smallest absolute Gasteiger partial charge is 0.510 e. The molecule has 1 spiro atoms. The summed E-state index contributed by atoms with van der Waals surface area (Å²) >= 11 is 0. The summed E-state index contributed by atoms with van der Waals surface area (Å²) in [5.74, 6) is -0.558. The summed E-state index contributed by atoms with van der Waals surface area (Å²) in [4.78, 5) is 26.7. The van der Waals surface area contributed by atoms with Gasteiger partial charge in [-0.25, -0.2) is 9.59 Å². The molecule has 0 aliphatic carbocycles. The summed E-state index contributed by atoms with van der Waals surface area (Å²) in [6.45, 7) is 4.39. The highest BCUT2D eigenvalue weighted by atomic mass is 35.5. The molecule has 2 aromatic carbocycles. The Kier molecular flexibility index (Phi) is 7.72. The molecule has 2 bridgehead atoms. The van der Waals surface area contributed by atoms with Gasteiger partial charge in [0.05, 0.1) is 31.8 Å². The molecule has 7 heteroatoms. The Morgan fingerprint density at radius 2 is 1.40 bits per heavy atom. The molecule has 3 aliphatic heterocycles. The standard InChI is InChI=1S/C28H34NO5.ClH/c1-2-32-27(31)34-28(21-11-5-3-6-12-21,22-13-7-4-8-14-22)26(30)33-25-19-23-15-16-24(20-25)29(23)17-9-10-18-29;/h3-8,11-14,23-25H,2,9-10,15-20H2,1H3;1H/q+1;/p-1. The second-order valence-corrected chi connectivity index (χ2v) is 9.84. The molecule has 2 aromatic rings. The molecule has 0 saturated carbocycles. The highest BCUT2D eigenvalue weighted by Crippen LogP contribution is 2.47. The Balaban J connectivity index is 0.00000289. The van der Waals surface area contributed by atoms with Crippen molar-refractivity contribution in [3.8, 4) is 0 Å². The van der Waals surface area contributed by atoms with Crippen LogP contribution in [0, 0.1) is 0 Å². The van der Waals surface area contributed by atoms with Crippen molar-refractivity contribution in [3.05, 3.63) is 71.8 Å². The summed E-state index contributed by atoms with van der Waals surface area (Å²) in [6.07, 6.45) is 5.71. The van der Waals surface area contributed by atoms with Gasteiger partial charge in [-0.05, 0) is 6.92 Å². The minimum atomic E-state index is -1.73. The van der Waals surface area contributed by atoms with E-state index in [9.17, 15) is 9.59 Å². The van der Waals surface area contributed by atoms with Gasteiger partial charge in [0.15, 0.2) is 0 Å². The molecular weight excluding hydrogens is 466 g/mol. The molecule has 35 heavy (non-hydrogen) atoms. The van der Waals surface area contributed by atoms with Gasteiger partial charge in [0.25, 0.3) is 5.60 Å². The Hall–Kier alpha value is -2.57. The van der Waals surface area contributed by atoms with Crippen molar-refractivity contribution in [1.82, 2.24) is 0 Å². The monoisotopic (exact) mass is 499 g/mol. The number of nitrogens with zero attached hydrogens (tertiary/aromatic N) is 1. The highest BCUT2D eigenvalue weighted by Gasteiger charge is 2.57. The third-order valence-electron chi connectivity index (χ3n) is 8.18. The lowest BCUT2D eigenvalue weighted by molar-refractivity contribution is -0.956. The number of hydrogen-bond donors (Lipinski definition) is 0. The van der Waals surface area contributed by atoms with E-state index >= 15 is 0 Å². The van der Waals surface area contributed by atoms with Crippen LogP contribution in [0.15, 0.2) is 60.7 Å². The zero-order valence-corrected chi connectivity index (χ0v) is 21.0. The van der Waals surface area contributed by atoms with Crippen LogP contribution in [-0.2, 0) is 24.6 Å². The number of rotatable bonds is 6. The Morgan fingerprint density at radius 3 is 1.89 bits per heavy atom. The lowest BCUT2D eigenvalue weighted by atomic mass is 9.85. The lowest BCUT2D eigenvalue weighted by Gasteiger charge is -2.47. The van der Waals surface area contributed by atoms with Gasteiger partial charge in [-0.15, -0.1) is 0 Å². The van der Waals surface area contributed by atoms with Gasteiger partial charge < -0.3 is 31.1 Å². The number of halogens is 1. The van der Waals surface area contributed by atoms with Crippen LogP contribution in [0.25, 0.3) is 0 Å². The third-order valence-corrected chi connectivity index (χ3v) is 8.18. The average Bonchev–Trinajstić information content (AvgIpc) is 3.40. The highest BCUT2D eigenvalue weighted by molar-refractivity contribution is 5.88. The van der Waals surface area contributed by atoms with Gasteiger partial charge >= 0.3 is 12.1 Å². The van der Waals surface area contributed by atoms with Gasteiger partial charge in [0.2, 0.25) is 0 Å². The van der Waals surface area contributed by atoms with E-state index in [0.29, 0.717) is 23.2 Å². The average molecular weight is 500 g/mol. The molecule has 3 heterocycles. The number of quaternary nitrogens is 1. The molecule has 0 aromatic heterocycles. The van der Waals surface area contributed by atoms with Crippen molar-refractivity contribution in [1.29, 1.82) is 0 Å². The van der Waals surface area contributed by atoms with Crippen LogP contribution in [0.2, 0.25) is 0 Å². The number of ether oxygens (including phenoxy) is 3. The molecule has 0 N–H and O–H groups in total. The fraction of sp³-hybridized carbons (Fsp3) is 0.500. The second-order valence-electron chi connectivity index (χ2n) is 9.84. The Morgan fingerprint density at radius 1 is 0.886 bits per heavy atom. The molecule has 2 atom stereocenters. The van der Waals surface area contributed by atoms with Crippen LogP contribution >= 0.6 is 0 Å². The number of hydrogen-bond acceptors (Lipinski definition) is 5.